The average molecular weight is 487 g/mol. The Morgan fingerprint density at radius 2 is 1.53 bits per heavy atom. The molecule has 0 bridgehead atoms. The van der Waals surface area contributed by atoms with Crippen LogP contribution in [0, 0.1) is 6.92 Å². The third-order valence-electron chi connectivity index (χ3n) is 7.21. The fourth-order valence-electron chi connectivity index (χ4n) is 5.00. The standard InChI is InChI=1S/C29H34N4O3/c1-22-10-12-23(13-11-22)26-20-30-28(36-26)24-8-4-5-9-25(24)29(35)33-18-16-31(17-19-33)21-27(34)32-14-6-2-3-7-15-32/h4-5,8-13,20H,2-3,6-7,14-19,21H2,1H3. The number of aromatic nitrogens is 1. The highest BCUT2D eigenvalue weighted by atomic mass is 16.4. The van der Waals surface area contributed by atoms with E-state index in [0.717, 1.165) is 31.5 Å². The molecule has 2 amide bonds. The van der Waals surface area contributed by atoms with Crippen LogP contribution in [0.3, 0.4) is 0 Å². The number of benzene rings is 2. The van der Waals surface area contributed by atoms with E-state index in [1.807, 2.05) is 65.3 Å². The molecule has 2 saturated heterocycles. The van der Waals surface area contributed by atoms with Crippen molar-refractivity contribution < 1.29 is 14.0 Å². The van der Waals surface area contributed by atoms with Gasteiger partial charge in [-0.25, -0.2) is 4.98 Å². The lowest BCUT2D eigenvalue weighted by Crippen LogP contribution is -2.51. The molecule has 36 heavy (non-hydrogen) atoms. The highest BCUT2D eigenvalue weighted by Crippen LogP contribution is 2.29. The molecule has 0 saturated carbocycles. The van der Waals surface area contributed by atoms with Crippen LogP contribution in [0.25, 0.3) is 22.8 Å². The molecule has 0 atom stereocenters. The fraction of sp³-hybridized carbons (Fsp3) is 0.414. The SMILES string of the molecule is Cc1ccc(-c2cnc(-c3ccccc3C(=O)N3CCN(CC(=O)N4CCCCCC4)CC3)o2)cc1. The van der Waals surface area contributed by atoms with E-state index in [0.29, 0.717) is 55.5 Å². The van der Waals surface area contributed by atoms with Crippen LogP contribution < -0.4 is 0 Å². The van der Waals surface area contributed by atoms with E-state index >= 15 is 0 Å². The van der Waals surface area contributed by atoms with Crippen molar-refractivity contribution >= 4 is 11.8 Å². The maximum absolute atomic E-state index is 13.5. The Kier molecular flexibility index (Phi) is 7.47. The molecule has 5 rings (SSSR count). The first-order chi connectivity index (χ1) is 17.6. The summed E-state index contributed by atoms with van der Waals surface area (Å²) in [5.41, 5.74) is 3.42. The molecule has 3 heterocycles. The van der Waals surface area contributed by atoms with Crippen molar-refractivity contribution in [2.45, 2.75) is 32.6 Å². The molecule has 0 unspecified atom stereocenters. The van der Waals surface area contributed by atoms with Crippen LogP contribution in [-0.4, -0.2) is 77.3 Å². The fourth-order valence-corrected chi connectivity index (χ4v) is 5.00. The normalized spacial score (nSPS) is 17.1. The Morgan fingerprint density at radius 1 is 0.833 bits per heavy atom. The van der Waals surface area contributed by atoms with Crippen LogP contribution in [0.15, 0.2) is 59.1 Å². The van der Waals surface area contributed by atoms with Gasteiger partial charge in [0.1, 0.15) is 0 Å². The highest BCUT2D eigenvalue weighted by molar-refractivity contribution is 6.00. The number of rotatable bonds is 5. The molecule has 2 aliphatic heterocycles. The molecule has 3 aromatic rings. The van der Waals surface area contributed by atoms with E-state index in [9.17, 15) is 9.59 Å². The highest BCUT2D eigenvalue weighted by Gasteiger charge is 2.27. The number of likely N-dealkylation sites (tertiary alicyclic amines) is 1. The number of carbonyl (C=O) groups excluding carboxylic acids is 2. The maximum Gasteiger partial charge on any atom is 0.254 e. The number of carbonyl (C=O) groups is 2. The minimum absolute atomic E-state index is 0.0285. The Labute approximate surface area is 212 Å². The Balaban J connectivity index is 1.23. The third-order valence-corrected chi connectivity index (χ3v) is 7.21. The predicted octanol–water partition coefficient (Wildman–Crippen LogP) is 4.48. The largest absolute Gasteiger partial charge is 0.436 e. The van der Waals surface area contributed by atoms with Gasteiger partial charge in [-0.1, -0.05) is 54.8 Å². The van der Waals surface area contributed by atoms with E-state index in [1.165, 1.54) is 18.4 Å². The van der Waals surface area contributed by atoms with E-state index in [1.54, 1.807) is 6.20 Å². The van der Waals surface area contributed by atoms with Crippen molar-refractivity contribution in [3.8, 4) is 22.8 Å². The number of oxazole rings is 1. The summed E-state index contributed by atoms with van der Waals surface area (Å²) in [4.78, 5) is 36.8. The first-order valence-electron chi connectivity index (χ1n) is 13.0. The molecule has 0 radical (unpaired) electrons. The Bertz CT molecular complexity index is 1190. The van der Waals surface area contributed by atoms with E-state index in [-0.39, 0.29) is 11.8 Å². The molecular formula is C29H34N4O3. The minimum Gasteiger partial charge on any atom is -0.436 e. The van der Waals surface area contributed by atoms with Gasteiger partial charge in [0.15, 0.2) is 5.76 Å². The summed E-state index contributed by atoms with van der Waals surface area (Å²) in [6.45, 7) is 6.83. The molecule has 2 aliphatic rings. The minimum atomic E-state index is -0.0285. The first-order valence-corrected chi connectivity index (χ1v) is 13.0. The molecule has 188 valence electrons. The summed E-state index contributed by atoms with van der Waals surface area (Å²) in [6, 6.07) is 15.6. The number of amides is 2. The van der Waals surface area contributed by atoms with Crippen molar-refractivity contribution in [2.24, 2.45) is 0 Å². The van der Waals surface area contributed by atoms with Crippen LogP contribution in [0.4, 0.5) is 0 Å². The number of hydrogen-bond donors (Lipinski definition) is 0. The van der Waals surface area contributed by atoms with Crippen molar-refractivity contribution in [2.75, 3.05) is 45.8 Å². The van der Waals surface area contributed by atoms with Crippen molar-refractivity contribution in [3.63, 3.8) is 0 Å². The molecule has 2 fully saturated rings. The van der Waals surface area contributed by atoms with Gasteiger partial charge in [0.05, 0.1) is 18.3 Å². The van der Waals surface area contributed by atoms with Crippen LogP contribution in [0.5, 0.6) is 0 Å². The molecule has 0 N–H and O–H groups in total. The average Bonchev–Trinajstić information content (AvgIpc) is 3.23. The number of nitrogens with zero attached hydrogens (tertiary/aromatic N) is 4. The second-order valence-corrected chi connectivity index (χ2v) is 9.80. The summed E-state index contributed by atoms with van der Waals surface area (Å²) in [6.07, 6.45) is 6.34. The number of hydrogen-bond acceptors (Lipinski definition) is 5. The van der Waals surface area contributed by atoms with E-state index < -0.39 is 0 Å². The van der Waals surface area contributed by atoms with Gasteiger partial charge in [-0.15, -0.1) is 0 Å². The summed E-state index contributed by atoms with van der Waals surface area (Å²) in [5.74, 6) is 1.31. The van der Waals surface area contributed by atoms with Gasteiger partial charge in [-0.05, 0) is 31.9 Å². The van der Waals surface area contributed by atoms with Crippen LogP contribution in [0.2, 0.25) is 0 Å². The van der Waals surface area contributed by atoms with Crippen LogP contribution in [-0.2, 0) is 4.79 Å². The third kappa shape index (κ3) is 5.51. The van der Waals surface area contributed by atoms with Gasteiger partial charge in [-0.2, -0.15) is 0 Å². The molecule has 0 aliphatic carbocycles. The lowest BCUT2D eigenvalue weighted by atomic mass is 10.1. The molecular weight excluding hydrogens is 452 g/mol. The summed E-state index contributed by atoms with van der Waals surface area (Å²) < 4.78 is 6.07. The van der Waals surface area contributed by atoms with Gasteiger partial charge in [-0.3, -0.25) is 14.5 Å². The zero-order valence-electron chi connectivity index (χ0n) is 21.0. The lowest BCUT2D eigenvalue weighted by Gasteiger charge is -2.35. The second-order valence-electron chi connectivity index (χ2n) is 9.80. The smallest absolute Gasteiger partial charge is 0.254 e. The van der Waals surface area contributed by atoms with Crippen molar-refractivity contribution in [3.05, 3.63) is 65.9 Å². The summed E-state index contributed by atoms with van der Waals surface area (Å²) in [7, 11) is 0. The molecule has 1 aromatic heterocycles. The van der Waals surface area contributed by atoms with E-state index in [2.05, 4.69) is 9.88 Å². The Morgan fingerprint density at radius 3 is 2.25 bits per heavy atom. The van der Waals surface area contributed by atoms with Crippen molar-refractivity contribution in [1.29, 1.82) is 0 Å². The topological polar surface area (TPSA) is 69.9 Å². The number of piperazine rings is 1. The van der Waals surface area contributed by atoms with Crippen molar-refractivity contribution in [1.82, 2.24) is 19.7 Å². The van der Waals surface area contributed by atoms with Gasteiger partial charge in [0, 0.05) is 50.4 Å². The zero-order valence-corrected chi connectivity index (χ0v) is 21.0. The predicted molar refractivity (Wildman–Crippen MR) is 140 cm³/mol. The van der Waals surface area contributed by atoms with Gasteiger partial charge < -0.3 is 14.2 Å². The van der Waals surface area contributed by atoms with Gasteiger partial charge in [0.2, 0.25) is 11.8 Å². The number of aryl methyl sites for hydroxylation is 1. The summed E-state index contributed by atoms with van der Waals surface area (Å²) in [5, 5.41) is 0. The lowest BCUT2D eigenvalue weighted by molar-refractivity contribution is -0.132. The Hall–Kier alpha value is -3.45. The quantitative estimate of drug-likeness (QED) is 0.532. The molecule has 7 nitrogen and oxygen atoms in total. The molecule has 2 aromatic carbocycles. The van der Waals surface area contributed by atoms with Crippen LogP contribution in [0.1, 0.15) is 41.6 Å². The van der Waals surface area contributed by atoms with Gasteiger partial charge >= 0.3 is 0 Å². The first kappa shape index (κ1) is 24.3. The van der Waals surface area contributed by atoms with Crippen LogP contribution >= 0.6 is 0 Å². The molecule has 0 spiro atoms. The van der Waals surface area contributed by atoms with E-state index in [4.69, 9.17) is 4.42 Å². The summed E-state index contributed by atoms with van der Waals surface area (Å²) >= 11 is 0. The second kappa shape index (κ2) is 11.1. The van der Waals surface area contributed by atoms with Gasteiger partial charge in [0.25, 0.3) is 5.91 Å². The monoisotopic (exact) mass is 486 g/mol. The maximum atomic E-state index is 13.5. The molecule has 7 heteroatoms. The zero-order chi connectivity index (χ0) is 24.9.